The van der Waals surface area contributed by atoms with Crippen LogP contribution < -0.4 is 0 Å². The van der Waals surface area contributed by atoms with Gasteiger partial charge in [-0.05, 0) is 45.5 Å². The molecule has 0 fully saturated rings. The minimum Gasteiger partial charge on any atom is -0.264 e. The number of hydrogen-bond donors (Lipinski definition) is 0. The second-order valence-electron chi connectivity index (χ2n) is 5.71. The molecule has 1 heterocycles. The third-order valence-electron chi connectivity index (χ3n) is 4.26. The Kier molecular flexibility index (Phi) is 3.61. The van der Waals surface area contributed by atoms with Crippen LogP contribution in [0.4, 0.5) is 0 Å². The summed E-state index contributed by atoms with van der Waals surface area (Å²) in [7, 11) is 0. The van der Waals surface area contributed by atoms with Gasteiger partial charge in [0, 0.05) is 12.4 Å². The molecule has 1 nitrogen and oxygen atoms in total. The van der Waals surface area contributed by atoms with Gasteiger partial charge in [0.15, 0.2) is 0 Å². The highest BCUT2D eigenvalue weighted by Gasteiger charge is 2.15. The molecular formula is C22H17N. The third-order valence-corrected chi connectivity index (χ3v) is 4.26. The van der Waals surface area contributed by atoms with Crippen molar-refractivity contribution in [3.8, 4) is 11.1 Å². The standard InChI is InChI=1S/C13H10.C9H7N/c1-3-7-12-10(5-1)9-11-6-2-4-8-13(11)12;1-2-4-9-7-10-6-5-8(9)3-1/h1-8H,9H2;1-7H. The van der Waals surface area contributed by atoms with Crippen LogP contribution >= 0.6 is 0 Å². The Bertz CT molecular complexity index is 847. The average Bonchev–Trinajstić information content (AvgIpc) is 3.01. The first-order valence-corrected chi connectivity index (χ1v) is 7.87. The van der Waals surface area contributed by atoms with E-state index in [2.05, 4.69) is 65.6 Å². The van der Waals surface area contributed by atoms with E-state index in [0.717, 1.165) is 6.42 Å². The van der Waals surface area contributed by atoms with Crippen molar-refractivity contribution in [1.29, 1.82) is 0 Å². The molecule has 0 aliphatic heterocycles. The van der Waals surface area contributed by atoms with Crippen LogP contribution in [0.15, 0.2) is 91.3 Å². The molecule has 0 saturated heterocycles. The van der Waals surface area contributed by atoms with E-state index in [1.807, 2.05) is 30.6 Å². The summed E-state index contributed by atoms with van der Waals surface area (Å²) < 4.78 is 0. The predicted molar refractivity (Wildman–Crippen MR) is 96.4 cm³/mol. The fraction of sp³-hybridized carbons (Fsp3) is 0.0455. The second-order valence-corrected chi connectivity index (χ2v) is 5.71. The maximum absolute atomic E-state index is 4.01. The Hall–Kier alpha value is -2.93. The molecule has 3 aromatic carbocycles. The zero-order chi connectivity index (χ0) is 15.5. The van der Waals surface area contributed by atoms with Gasteiger partial charge < -0.3 is 0 Å². The van der Waals surface area contributed by atoms with Gasteiger partial charge in [0.25, 0.3) is 0 Å². The highest BCUT2D eigenvalue weighted by molar-refractivity contribution is 5.81. The number of benzene rings is 3. The van der Waals surface area contributed by atoms with E-state index < -0.39 is 0 Å². The fourth-order valence-electron chi connectivity index (χ4n) is 3.11. The summed E-state index contributed by atoms with van der Waals surface area (Å²) in [5.74, 6) is 0. The number of pyridine rings is 1. The molecule has 0 atom stereocenters. The molecule has 1 aromatic heterocycles. The van der Waals surface area contributed by atoms with E-state index in [4.69, 9.17) is 0 Å². The van der Waals surface area contributed by atoms with Gasteiger partial charge >= 0.3 is 0 Å². The van der Waals surface area contributed by atoms with Gasteiger partial charge in [-0.1, -0.05) is 72.8 Å². The number of rotatable bonds is 0. The highest BCUT2D eigenvalue weighted by atomic mass is 14.6. The minimum absolute atomic E-state index is 1.10. The van der Waals surface area contributed by atoms with Crippen LogP contribution in [0, 0.1) is 0 Å². The van der Waals surface area contributed by atoms with Crippen LogP contribution in [-0.2, 0) is 6.42 Å². The van der Waals surface area contributed by atoms with E-state index in [9.17, 15) is 0 Å². The summed E-state index contributed by atoms with van der Waals surface area (Å²) in [5, 5.41) is 2.45. The van der Waals surface area contributed by atoms with Crippen molar-refractivity contribution in [2.24, 2.45) is 0 Å². The Morgan fingerprint density at radius 2 is 1.13 bits per heavy atom. The molecular weight excluding hydrogens is 278 g/mol. The van der Waals surface area contributed by atoms with Crippen LogP contribution in [-0.4, -0.2) is 4.98 Å². The molecule has 1 heteroatoms. The van der Waals surface area contributed by atoms with Crippen molar-refractivity contribution in [1.82, 2.24) is 4.98 Å². The zero-order valence-corrected chi connectivity index (χ0v) is 12.8. The van der Waals surface area contributed by atoms with Gasteiger partial charge in [-0.15, -0.1) is 0 Å². The molecule has 0 unspecified atom stereocenters. The minimum atomic E-state index is 1.10. The van der Waals surface area contributed by atoms with Crippen molar-refractivity contribution in [3.63, 3.8) is 0 Å². The molecule has 1 aliphatic rings. The second kappa shape index (κ2) is 6.05. The van der Waals surface area contributed by atoms with Gasteiger partial charge in [0.05, 0.1) is 0 Å². The molecule has 4 aromatic rings. The average molecular weight is 295 g/mol. The molecule has 23 heavy (non-hydrogen) atoms. The third kappa shape index (κ3) is 2.74. The molecule has 0 saturated carbocycles. The zero-order valence-electron chi connectivity index (χ0n) is 12.8. The van der Waals surface area contributed by atoms with E-state index in [1.54, 1.807) is 0 Å². The summed E-state index contributed by atoms with van der Waals surface area (Å²) in [6.07, 6.45) is 4.78. The van der Waals surface area contributed by atoms with Gasteiger partial charge in [0.2, 0.25) is 0 Å². The van der Waals surface area contributed by atoms with Crippen molar-refractivity contribution < 1.29 is 0 Å². The molecule has 1 aliphatic carbocycles. The number of fused-ring (bicyclic) bond motifs is 4. The smallest absolute Gasteiger partial charge is 0.0346 e. The lowest BCUT2D eigenvalue weighted by Gasteiger charge is -1.98. The van der Waals surface area contributed by atoms with Gasteiger partial charge in [-0.25, -0.2) is 0 Å². The van der Waals surface area contributed by atoms with Crippen LogP contribution in [0.5, 0.6) is 0 Å². The summed E-state index contributed by atoms with van der Waals surface area (Å²) in [5.41, 5.74) is 5.75. The van der Waals surface area contributed by atoms with E-state index in [-0.39, 0.29) is 0 Å². The summed E-state index contributed by atoms with van der Waals surface area (Å²) in [6, 6.07) is 27.5. The van der Waals surface area contributed by atoms with E-state index >= 15 is 0 Å². The number of nitrogens with zero attached hydrogens (tertiary/aromatic N) is 1. The summed E-state index contributed by atoms with van der Waals surface area (Å²) in [6.45, 7) is 0. The van der Waals surface area contributed by atoms with Crippen LogP contribution in [0.2, 0.25) is 0 Å². The lowest BCUT2D eigenvalue weighted by atomic mass is 10.1. The molecule has 0 spiro atoms. The molecule has 110 valence electrons. The van der Waals surface area contributed by atoms with E-state index in [0.29, 0.717) is 0 Å². The van der Waals surface area contributed by atoms with Crippen LogP contribution in [0.3, 0.4) is 0 Å². The van der Waals surface area contributed by atoms with Gasteiger partial charge in [-0.2, -0.15) is 0 Å². The first-order valence-electron chi connectivity index (χ1n) is 7.87. The largest absolute Gasteiger partial charge is 0.264 e. The van der Waals surface area contributed by atoms with Gasteiger partial charge in [0.1, 0.15) is 0 Å². The summed E-state index contributed by atoms with van der Waals surface area (Å²) >= 11 is 0. The van der Waals surface area contributed by atoms with Crippen molar-refractivity contribution in [2.45, 2.75) is 6.42 Å². The topological polar surface area (TPSA) is 12.9 Å². The lowest BCUT2D eigenvalue weighted by molar-refractivity contribution is 1.26. The Morgan fingerprint density at radius 3 is 1.78 bits per heavy atom. The molecule has 0 radical (unpaired) electrons. The SMILES string of the molecule is c1ccc2c(c1)Cc1ccccc1-2.c1ccc2cnccc2c1. The number of aromatic nitrogens is 1. The lowest BCUT2D eigenvalue weighted by Crippen LogP contribution is -1.77. The first kappa shape index (κ1) is 13.7. The summed E-state index contributed by atoms with van der Waals surface area (Å²) in [4.78, 5) is 4.01. The number of hydrogen-bond acceptors (Lipinski definition) is 1. The molecule has 0 bridgehead atoms. The first-order chi connectivity index (χ1) is 11.4. The normalized spacial score (nSPS) is 11.3. The van der Waals surface area contributed by atoms with Crippen LogP contribution in [0.25, 0.3) is 21.9 Å². The monoisotopic (exact) mass is 295 g/mol. The maximum atomic E-state index is 4.01. The maximum Gasteiger partial charge on any atom is 0.0346 e. The van der Waals surface area contributed by atoms with E-state index in [1.165, 1.54) is 33.0 Å². The van der Waals surface area contributed by atoms with Crippen LogP contribution in [0.1, 0.15) is 11.1 Å². The van der Waals surface area contributed by atoms with Crippen molar-refractivity contribution >= 4 is 10.8 Å². The van der Waals surface area contributed by atoms with Crippen molar-refractivity contribution in [3.05, 3.63) is 102 Å². The Balaban J connectivity index is 0.000000122. The van der Waals surface area contributed by atoms with Gasteiger partial charge in [-0.3, -0.25) is 4.98 Å². The molecule has 0 amide bonds. The fourth-order valence-corrected chi connectivity index (χ4v) is 3.11. The molecule has 5 rings (SSSR count). The Morgan fingerprint density at radius 1 is 0.565 bits per heavy atom. The quantitative estimate of drug-likeness (QED) is 0.368. The van der Waals surface area contributed by atoms with Crippen molar-refractivity contribution in [2.75, 3.05) is 0 Å². The molecule has 0 N–H and O–H groups in total. The Labute approximate surface area is 136 Å². The highest BCUT2D eigenvalue weighted by Crippen LogP contribution is 2.35. The predicted octanol–water partition coefficient (Wildman–Crippen LogP) is 5.49.